The van der Waals surface area contributed by atoms with Crippen LogP contribution in [-0.4, -0.2) is 21.6 Å². The Labute approximate surface area is 56.5 Å². The Morgan fingerprint density at radius 3 is 2.70 bits per heavy atom. The van der Waals surface area contributed by atoms with E-state index >= 15 is 0 Å². The molecule has 0 aromatic rings. The number of hydrogen-bond donors (Lipinski definition) is 0. The summed E-state index contributed by atoms with van der Waals surface area (Å²) in [7, 11) is -4.07. The van der Waals surface area contributed by atoms with Crippen molar-refractivity contribution in [3.8, 4) is 0 Å². The van der Waals surface area contributed by atoms with Crippen LogP contribution in [0.25, 0.3) is 0 Å². The van der Waals surface area contributed by atoms with Gasteiger partial charge in [0.1, 0.15) is 6.61 Å². The van der Waals surface area contributed by atoms with Gasteiger partial charge in [-0.3, -0.25) is 0 Å². The molecule has 0 aromatic heterocycles. The van der Waals surface area contributed by atoms with Crippen molar-refractivity contribution in [3.63, 3.8) is 0 Å². The van der Waals surface area contributed by atoms with E-state index in [9.17, 15) is 8.42 Å². The van der Waals surface area contributed by atoms with Gasteiger partial charge in [0, 0.05) is 0 Å². The van der Waals surface area contributed by atoms with Crippen molar-refractivity contribution in [1.29, 1.82) is 0 Å². The minimum absolute atomic E-state index is 0.0530. The van der Waals surface area contributed by atoms with Gasteiger partial charge in [-0.05, 0) is 10.1 Å². The normalized spacial score (nSPS) is 26.8. The van der Waals surface area contributed by atoms with Crippen LogP contribution in [0.15, 0.2) is 0 Å². The highest BCUT2D eigenvalue weighted by atomic mass is 32.3. The zero-order valence-electron chi connectivity index (χ0n) is 4.68. The topological polar surface area (TPSA) is 80.3 Å². The molecular formula is C2H4O7S. The molecule has 60 valence electrons. The quantitative estimate of drug-likeness (QED) is 0.437. The van der Waals surface area contributed by atoms with E-state index in [0.29, 0.717) is 0 Å². The first-order valence-corrected chi connectivity index (χ1v) is 3.58. The molecule has 1 aliphatic heterocycles. The van der Waals surface area contributed by atoms with Crippen molar-refractivity contribution >= 4 is 10.4 Å². The molecule has 1 fully saturated rings. The van der Waals surface area contributed by atoms with Crippen molar-refractivity contribution in [2.24, 2.45) is 0 Å². The summed E-state index contributed by atoms with van der Waals surface area (Å²) in [6.45, 7) is -0.228. The Kier molecular flexibility index (Phi) is 2.54. The van der Waals surface area contributed by atoms with Crippen LogP contribution in [-0.2, 0) is 33.9 Å². The minimum atomic E-state index is -4.07. The maximum absolute atomic E-state index is 10.3. The predicted molar refractivity (Wildman–Crippen MR) is 24.1 cm³/mol. The molecule has 0 aromatic carbocycles. The first kappa shape index (κ1) is 7.85. The fourth-order valence-corrected chi connectivity index (χ4v) is 0.691. The van der Waals surface area contributed by atoms with Gasteiger partial charge in [-0.1, -0.05) is 4.33 Å². The third-order valence-corrected chi connectivity index (χ3v) is 1.26. The number of hydrogen-bond acceptors (Lipinski definition) is 7. The molecule has 0 atom stereocenters. The molecular weight excluding hydrogens is 168 g/mol. The molecule has 0 aliphatic carbocycles. The van der Waals surface area contributed by atoms with E-state index in [1.165, 1.54) is 0 Å². The van der Waals surface area contributed by atoms with E-state index in [-0.39, 0.29) is 13.2 Å². The predicted octanol–water partition coefficient (Wildman–Crippen LogP) is -0.927. The second-order valence-corrected chi connectivity index (χ2v) is 2.44. The highest BCUT2D eigenvalue weighted by Crippen LogP contribution is 2.00. The molecule has 0 radical (unpaired) electrons. The van der Waals surface area contributed by atoms with Crippen LogP contribution in [0.5, 0.6) is 0 Å². The lowest BCUT2D eigenvalue weighted by Gasteiger charge is -2.06. The van der Waals surface area contributed by atoms with E-state index in [4.69, 9.17) is 0 Å². The van der Waals surface area contributed by atoms with Crippen LogP contribution in [0.1, 0.15) is 0 Å². The molecule has 0 N–H and O–H groups in total. The maximum atomic E-state index is 10.3. The smallest absolute Gasteiger partial charge is 0.244 e. The Hall–Kier alpha value is -0.250. The van der Waals surface area contributed by atoms with Crippen molar-refractivity contribution in [3.05, 3.63) is 0 Å². The monoisotopic (exact) mass is 172 g/mol. The summed E-state index contributed by atoms with van der Waals surface area (Å²) in [6, 6.07) is 0. The van der Waals surface area contributed by atoms with Gasteiger partial charge in [0.25, 0.3) is 0 Å². The van der Waals surface area contributed by atoms with Gasteiger partial charge in [0.2, 0.25) is 0 Å². The highest BCUT2D eigenvalue weighted by Gasteiger charge is 2.16. The summed E-state index contributed by atoms with van der Waals surface area (Å²) in [5.41, 5.74) is 0. The van der Waals surface area contributed by atoms with E-state index in [1.807, 2.05) is 0 Å². The lowest BCUT2D eigenvalue weighted by molar-refractivity contribution is -0.611. The average molecular weight is 172 g/mol. The summed E-state index contributed by atoms with van der Waals surface area (Å²) in [4.78, 5) is 4.13. The first-order valence-electron chi connectivity index (χ1n) is 2.24. The standard InChI is InChI=1S/C2H4O7S/c3-10(4)6-2-1-5-7-8-9-10/h1-2H2. The second kappa shape index (κ2) is 3.23. The minimum Gasteiger partial charge on any atom is -0.244 e. The Bertz CT molecular complexity index is 168. The molecule has 0 spiro atoms. The highest BCUT2D eigenvalue weighted by molar-refractivity contribution is 7.81. The van der Waals surface area contributed by atoms with Crippen LogP contribution in [0.3, 0.4) is 0 Å². The molecule has 0 amide bonds. The third-order valence-electron chi connectivity index (χ3n) is 0.581. The second-order valence-electron chi connectivity index (χ2n) is 1.26. The molecule has 1 saturated heterocycles. The molecule has 10 heavy (non-hydrogen) atoms. The Balaban J connectivity index is 2.46. The van der Waals surface area contributed by atoms with Crippen LogP contribution in [0.4, 0.5) is 0 Å². The summed E-state index contributed by atoms with van der Waals surface area (Å²) < 4.78 is 28.3. The lowest BCUT2D eigenvalue weighted by Crippen LogP contribution is -2.18. The van der Waals surface area contributed by atoms with E-state index in [2.05, 4.69) is 23.5 Å². The Morgan fingerprint density at radius 2 is 1.90 bits per heavy atom. The van der Waals surface area contributed by atoms with Gasteiger partial charge in [-0.2, -0.15) is 8.42 Å². The van der Waals surface area contributed by atoms with Crippen LogP contribution in [0.2, 0.25) is 0 Å². The molecule has 0 saturated carbocycles. The molecule has 1 rings (SSSR count). The number of rotatable bonds is 0. The van der Waals surface area contributed by atoms with Gasteiger partial charge >= 0.3 is 10.4 Å². The van der Waals surface area contributed by atoms with Crippen LogP contribution in [0, 0.1) is 0 Å². The van der Waals surface area contributed by atoms with Crippen molar-refractivity contribution < 1.29 is 31.9 Å². The summed E-state index contributed by atoms with van der Waals surface area (Å²) in [5.74, 6) is 0. The molecule has 1 aliphatic rings. The van der Waals surface area contributed by atoms with Crippen LogP contribution < -0.4 is 0 Å². The zero-order chi connectivity index (χ0) is 7.45. The van der Waals surface area contributed by atoms with Gasteiger partial charge in [-0.25, -0.2) is 9.07 Å². The SMILES string of the molecule is O=S1(=O)OCCOOOO1. The lowest BCUT2D eigenvalue weighted by atomic mass is 10.8. The first-order chi connectivity index (χ1) is 4.71. The summed E-state index contributed by atoms with van der Waals surface area (Å²) in [6.07, 6.45) is 0. The molecule has 0 unspecified atom stereocenters. The fourth-order valence-electron chi connectivity index (χ4n) is 0.289. The Morgan fingerprint density at radius 1 is 1.10 bits per heavy atom. The maximum Gasteiger partial charge on any atom is 0.429 e. The van der Waals surface area contributed by atoms with Gasteiger partial charge in [0.05, 0.1) is 6.61 Å². The average Bonchev–Trinajstić information content (AvgIpc) is 1.81. The molecule has 1 heterocycles. The van der Waals surface area contributed by atoms with Gasteiger partial charge in [0.15, 0.2) is 0 Å². The van der Waals surface area contributed by atoms with Gasteiger partial charge < -0.3 is 0 Å². The fraction of sp³-hybridized carbons (Fsp3) is 1.00. The van der Waals surface area contributed by atoms with Crippen molar-refractivity contribution in [2.75, 3.05) is 13.2 Å². The third kappa shape index (κ3) is 2.56. The van der Waals surface area contributed by atoms with Crippen molar-refractivity contribution in [1.82, 2.24) is 0 Å². The molecule has 8 heteroatoms. The van der Waals surface area contributed by atoms with E-state index in [1.54, 1.807) is 0 Å². The molecule has 0 bridgehead atoms. The van der Waals surface area contributed by atoms with E-state index < -0.39 is 10.4 Å². The summed E-state index contributed by atoms with van der Waals surface area (Å²) >= 11 is 0. The van der Waals surface area contributed by atoms with Crippen molar-refractivity contribution in [2.45, 2.75) is 0 Å². The van der Waals surface area contributed by atoms with E-state index in [0.717, 1.165) is 0 Å². The summed E-state index contributed by atoms with van der Waals surface area (Å²) in [5, 5.41) is 7.28. The van der Waals surface area contributed by atoms with Crippen LogP contribution >= 0.6 is 0 Å². The molecule has 7 nitrogen and oxygen atoms in total. The zero-order valence-corrected chi connectivity index (χ0v) is 5.50. The van der Waals surface area contributed by atoms with Gasteiger partial charge in [-0.15, -0.1) is 0 Å². The largest absolute Gasteiger partial charge is 0.429 e.